The second-order valence-electron chi connectivity index (χ2n) is 8.26. The molecule has 0 radical (unpaired) electrons. The van der Waals surface area contributed by atoms with Crippen molar-refractivity contribution >= 4 is 27.4 Å². The molecular formula is C22H24N2O5S. The summed E-state index contributed by atoms with van der Waals surface area (Å²) in [6.45, 7) is 4.78. The second kappa shape index (κ2) is 7.52. The number of fused-ring (bicyclic) bond motifs is 1. The van der Waals surface area contributed by atoms with E-state index in [0.29, 0.717) is 35.7 Å². The molecule has 2 aliphatic heterocycles. The van der Waals surface area contributed by atoms with Gasteiger partial charge in [0.1, 0.15) is 11.4 Å². The number of anilines is 1. The minimum absolute atomic E-state index is 0.0626. The number of hydrogen-bond acceptors (Lipinski definition) is 5. The predicted molar refractivity (Wildman–Crippen MR) is 112 cm³/mol. The number of carbonyl (C=O) groups is 2. The molecule has 1 N–H and O–H groups in total. The van der Waals surface area contributed by atoms with Gasteiger partial charge in [-0.05, 0) is 69.2 Å². The molecule has 0 atom stereocenters. The van der Waals surface area contributed by atoms with Gasteiger partial charge in [-0.3, -0.25) is 9.59 Å². The molecule has 1 fully saturated rings. The number of nitrogens with one attached hydrogen (secondary N) is 1. The van der Waals surface area contributed by atoms with Crippen molar-refractivity contribution in [2.45, 2.75) is 43.6 Å². The van der Waals surface area contributed by atoms with Crippen LogP contribution in [0.1, 0.15) is 53.8 Å². The molecule has 2 aliphatic rings. The highest BCUT2D eigenvalue weighted by Crippen LogP contribution is 2.33. The van der Waals surface area contributed by atoms with Crippen LogP contribution in [-0.4, -0.2) is 43.1 Å². The Hall–Kier alpha value is -2.71. The van der Waals surface area contributed by atoms with E-state index >= 15 is 0 Å². The normalized spacial score (nSPS) is 18.5. The zero-order valence-electron chi connectivity index (χ0n) is 17.0. The highest BCUT2D eigenvalue weighted by Gasteiger charge is 2.33. The minimum Gasteiger partial charge on any atom is -0.487 e. The molecule has 0 saturated carbocycles. The zero-order valence-corrected chi connectivity index (χ0v) is 17.8. The number of sulfonamides is 1. The number of hydrogen-bond donors (Lipinski definition) is 1. The van der Waals surface area contributed by atoms with Gasteiger partial charge in [0.15, 0.2) is 5.78 Å². The number of ketones is 1. The largest absolute Gasteiger partial charge is 0.487 e. The lowest BCUT2D eigenvalue weighted by atomic mass is 9.92. The minimum atomic E-state index is -3.49. The third-order valence-corrected chi connectivity index (χ3v) is 7.24. The molecule has 7 nitrogen and oxygen atoms in total. The summed E-state index contributed by atoms with van der Waals surface area (Å²) in [7, 11) is -3.49. The van der Waals surface area contributed by atoms with Gasteiger partial charge in [0.05, 0.1) is 16.9 Å². The Morgan fingerprint density at radius 3 is 2.40 bits per heavy atom. The number of carbonyl (C=O) groups excluding carboxylic acids is 2. The first kappa shape index (κ1) is 20.6. The lowest BCUT2D eigenvalue weighted by Crippen LogP contribution is -2.36. The predicted octanol–water partition coefficient (Wildman–Crippen LogP) is 3.47. The molecule has 0 bridgehead atoms. The van der Waals surface area contributed by atoms with E-state index in [4.69, 9.17) is 4.74 Å². The molecule has 1 amide bonds. The molecule has 0 aliphatic carbocycles. The van der Waals surface area contributed by atoms with Gasteiger partial charge in [-0.15, -0.1) is 0 Å². The lowest BCUT2D eigenvalue weighted by molar-refractivity contribution is 0.0620. The Morgan fingerprint density at radius 2 is 1.73 bits per heavy atom. The lowest BCUT2D eigenvalue weighted by Gasteiger charge is -2.31. The maximum absolute atomic E-state index is 12.6. The molecular weight excluding hydrogens is 404 g/mol. The van der Waals surface area contributed by atoms with E-state index in [-0.39, 0.29) is 23.0 Å². The maximum atomic E-state index is 12.6. The molecule has 2 heterocycles. The summed E-state index contributed by atoms with van der Waals surface area (Å²) in [5.74, 6) is 0.0298. The molecule has 2 aromatic rings. The highest BCUT2D eigenvalue weighted by atomic mass is 32.2. The highest BCUT2D eigenvalue weighted by molar-refractivity contribution is 7.89. The molecule has 2 aromatic carbocycles. The Kier molecular flexibility index (Phi) is 5.15. The first-order chi connectivity index (χ1) is 14.2. The number of amides is 1. The van der Waals surface area contributed by atoms with Gasteiger partial charge in [0.2, 0.25) is 10.0 Å². The number of benzene rings is 2. The van der Waals surface area contributed by atoms with Crippen molar-refractivity contribution in [3.05, 3.63) is 53.6 Å². The van der Waals surface area contributed by atoms with Crippen LogP contribution in [0.4, 0.5) is 5.69 Å². The van der Waals surface area contributed by atoms with Crippen molar-refractivity contribution in [3.63, 3.8) is 0 Å². The molecule has 0 spiro atoms. The fourth-order valence-corrected chi connectivity index (χ4v) is 5.30. The second-order valence-corrected chi connectivity index (χ2v) is 10.2. The van der Waals surface area contributed by atoms with Gasteiger partial charge >= 0.3 is 0 Å². The van der Waals surface area contributed by atoms with Crippen molar-refractivity contribution in [2.75, 3.05) is 18.4 Å². The fourth-order valence-electron chi connectivity index (χ4n) is 3.78. The number of ether oxygens (including phenoxy) is 1. The Morgan fingerprint density at radius 1 is 1.07 bits per heavy atom. The van der Waals surface area contributed by atoms with Gasteiger partial charge in [-0.1, -0.05) is 0 Å². The van der Waals surface area contributed by atoms with E-state index in [1.54, 1.807) is 24.3 Å². The summed E-state index contributed by atoms with van der Waals surface area (Å²) in [5.41, 5.74) is 0.639. The van der Waals surface area contributed by atoms with Gasteiger partial charge < -0.3 is 10.1 Å². The van der Waals surface area contributed by atoms with Crippen LogP contribution >= 0.6 is 0 Å². The van der Waals surface area contributed by atoms with Crippen LogP contribution in [0.5, 0.6) is 5.75 Å². The van der Waals surface area contributed by atoms with Crippen molar-refractivity contribution in [1.29, 1.82) is 0 Å². The summed E-state index contributed by atoms with van der Waals surface area (Å²) < 4.78 is 32.5. The van der Waals surface area contributed by atoms with Crippen LogP contribution in [0, 0.1) is 0 Å². The quantitative estimate of drug-likeness (QED) is 0.805. The van der Waals surface area contributed by atoms with E-state index < -0.39 is 15.6 Å². The van der Waals surface area contributed by atoms with Gasteiger partial charge in [-0.25, -0.2) is 8.42 Å². The summed E-state index contributed by atoms with van der Waals surface area (Å²) in [5, 5.41) is 2.74. The monoisotopic (exact) mass is 428 g/mol. The summed E-state index contributed by atoms with van der Waals surface area (Å²) in [6.07, 6.45) is 2.00. The van der Waals surface area contributed by atoms with Crippen molar-refractivity contribution in [3.8, 4) is 5.75 Å². The van der Waals surface area contributed by atoms with E-state index in [9.17, 15) is 18.0 Å². The van der Waals surface area contributed by atoms with Crippen LogP contribution in [0.2, 0.25) is 0 Å². The Bertz CT molecular complexity index is 1100. The molecule has 1 saturated heterocycles. The van der Waals surface area contributed by atoms with E-state index in [1.807, 2.05) is 13.8 Å². The average Bonchev–Trinajstić information content (AvgIpc) is 3.23. The van der Waals surface area contributed by atoms with Crippen LogP contribution in [0.3, 0.4) is 0 Å². The molecule has 4 rings (SSSR count). The molecule has 0 unspecified atom stereocenters. The maximum Gasteiger partial charge on any atom is 0.255 e. The van der Waals surface area contributed by atoms with Crippen LogP contribution < -0.4 is 10.1 Å². The van der Waals surface area contributed by atoms with Gasteiger partial charge in [0, 0.05) is 24.3 Å². The Labute approximate surface area is 176 Å². The number of Topliss-reactive ketones (excluding diaryl/α,β-unsaturated/α-hetero) is 1. The topological polar surface area (TPSA) is 92.8 Å². The standard InChI is InChI=1S/C22H24N2O5S/c1-22(2)14-19(25)18-13-15(5-10-20(18)29-22)21(26)23-16-6-8-17(9-7-16)30(27,28)24-11-3-4-12-24/h5-10,13H,3-4,11-12,14H2,1-2H3,(H,23,26). The first-order valence-electron chi connectivity index (χ1n) is 9.94. The smallest absolute Gasteiger partial charge is 0.255 e. The summed E-state index contributed by atoms with van der Waals surface area (Å²) in [4.78, 5) is 25.2. The van der Waals surface area contributed by atoms with Crippen molar-refractivity contribution < 1.29 is 22.7 Å². The zero-order chi connectivity index (χ0) is 21.5. The summed E-state index contributed by atoms with van der Waals surface area (Å²) in [6, 6.07) is 10.9. The van der Waals surface area contributed by atoms with E-state index in [0.717, 1.165) is 12.8 Å². The Balaban J connectivity index is 1.49. The molecule has 0 aromatic heterocycles. The van der Waals surface area contributed by atoms with Gasteiger partial charge in [0.25, 0.3) is 5.91 Å². The average molecular weight is 429 g/mol. The van der Waals surface area contributed by atoms with Crippen LogP contribution in [0.15, 0.2) is 47.4 Å². The first-order valence-corrected chi connectivity index (χ1v) is 11.4. The van der Waals surface area contributed by atoms with E-state index in [2.05, 4.69) is 5.32 Å². The van der Waals surface area contributed by atoms with Crippen molar-refractivity contribution in [2.24, 2.45) is 0 Å². The SMILES string of the molecule is CC1(C)CC(=O)c2cc(C(=O)Nc3ccc(S(=O)(=O)N4CCCC4)cc3)ccc2O1. The molecule has 158 valence electrons. The van der Waals surface area contributed by atoms with E-state index in [1.165, 1.54) is 22.5 Å². The third kappa shape index (κ3) is 3.97. The summed E-state index contributed by atoms with van der Waals surface area (Å²) >= 11 is 0. The fraction of sp³-hybridized carbons (Fsp3) is 0.364. The third-order valence-electron chi connectivity index (χ3n) is 5.33. The van der Waals surface area contributed by atoms with Crippen molar-refractivity contribution in [1.82, 2.24) is 4.31 Å². The molecule has 30 heavy (non-hydrogen) atoms. The van der Waals surface area contributed by atoms with Crippen LogP contribution in [-0.2, 0) is 10.0 Å². The van der Waals surface area contributed by atoms with Crippen LogP contribution in [0.25, 0.3) is 0 Å². The number of rotatable bonds is 4. The van der Waals surface area contributed by atoms with Gasteiger partial charge in [-0.2, -0.15) is 4.31 Å². The number of nitrogens with zero attached hydrogens (tertiary/aromatic N) is 1. The molecule has 8 heteroatoms.